The molecule has 3 nitrogen and oxygen atoms in total. The van der Waals surface area contributed by atoms with E-state index in [1.54, 1.807) is 6.07 Å². The van der Waals surface area contributed by atoms with E-state index in [1.165, 1.54) is 23.4 Å². The largest absolute Gasteiger partial charge is 0.458 e. The Labute approximate surface area is 111 Å². The molecule has 0 unspecified atom stereocenters. The normalized spacial score (nSPS) is 11.1. The molecular formula is C16H15NO2. The first-order valence-electron chi connectivity index (χ1n) is 6.28. The van der Waals surface area contributed by atoms with Gasteiger partial charge in [0.05, 0.1) is 0 Å². The minimum absolute atomic E-state index is 0.0378. The predicted octanol–water partition coefficient (Wildman–Crippen LogP) is 3.56. The van der Waals surface area contributed by atoms with Crippen molar-refractivity contribution in [2.24, 2.45) is 7.05 Å². The molecule has 0 N–H and O–H groups in total. The van der Waals surface area contributed by atoms with Crippen LogP contribution in [0.25, 0.3) is 10.9 Å². The third-order valence-electron chi connectivity index (χ3n) is 3.35. The molecule has 3 heteroatoms. The maximum atomic E-state index is 11.2. The maximum Gasteiger partial charge on any atom is 0.194 e. The highest BCUT2D eigenvalue weighted by atomic mass is 16.3. The van der Waals surface area contributed by atoms with Gasteiger partial charge in [-0.2, -0.15) is 0 Å². The first-order valence-corrected chi connectivity index (χ1v) is 6.28. The van der Waals surface area contributed by atoms with Gasteiger partial charge in [-0.25, -0.2) is 0 Å². The number of hydrogen-bond donors (Lipinski definition) is 0. The van der Waals surface area contributed by atoms with Crippen molar-refractivity contribution in [2.45, 2.75) is 13.3 Å². The minimum atomic E-state index is -0.0378. The highest BCUT2D eigenvalue weighted by Crippen LogP contribution is 2.23. The van der Waals surface area contributed by atoms with Gasteiger partial charge < -0.3 is 8.98 Å². The zero-order valence-corrected chi connectivity index (χ0v) is 11.0. The number of furan rings is 1. The summed E-state index contributed by atoms with van der Waals surface area (Å²) in [6.07, 6.45) is 2.81. The van der Waals surface area contributed by atoms with E-state index in [4.69, 9.17) is 4.42 Å². The molecule has 1 aromatic carbocycles. The number of aryl methyl sites for hydroxylation is 1. The van der Waals surface area contributed by atoms with E-state index in [1.807, 2.05) is 25.2 Å². The fraction of sp³-hybridized carbons (Fsp3) is 0.188. The molecule has 2 heterocycles. The summed E-state index contributed by atoms with van der Waals surface area (Å²) < 4.78 is 7.66. The van der Waals surface area contributed by atoms with Crippen LogP contribution in [0.3, 0.4) is 0 Å². The summed E-state index contributed by atoms with van der Waals surface area (Å²) >= 11 is 0. The zero-order chi connectivity index (χ0) is 13.4. The Morgan fingerprint density at radius 3 is 2.74 bits per heavy atom. The van der Waals surface area contributed by atoms with E-state index in [9.17, 15) is 4.79 Å². The number of rotatable bonds is 3. The Hall–Kier alpha value is -2.29. The first kappa shape index (κ1) is 11.8. The number of carbonyl (C=O) groups excluding carboxylic acids is 1. The van der Waals surface area contributed by atoms with Crippen molar-refractivity contribution < 1.29 is 9.21 Å². The number of hydrogen-bond acceptors (Lipinski definition) is 2. The van der Waals surface area contributed by atoms with Gasteiger partial charge in [0.2, 0.25) is 0 Å². The lowest BCUT2D eigenvalue weighted by molar-refractivity contribution is 0.0985. The highest BCUT2D eigenvalue weighted by molar-refractivity contribution is 5.91. The Balaban J connectivity index is 1.98. The van der Waals surface area contributed by atoms with Gasteiger partial charge in [-0.1, -0.05) is 18.2 Å². The lowest BCUT2D eigenvalue weighted by Gasteiger charge is -1.96. The summed E-state index contributed by atoms with van der Waals surface area (Å²) in [6, 6.07) is 11.9. The van der Waals surface area contributed by atoms with Crippen LogP contribution in [0.5, 0.6) is 0 Å². The smallest absolute Gasteiger partial charge is 0.194 e. The summed E-state index contributed by atoms with van der Waals surface area (Å²) in [4.78, 5) is 11.2. The van der Waals surface area contributed by atoms with E-state index < -0.39 is 0 Å². The van der Waals surface area contributed by atoms with Crippen LogP contribution in [0.1, 0.15) is 28.8 Å². The third kappa shape index (κ3) is 2.08. The number of benzene rings is 1. The fourth-order valence-electron chi connectivity index (χ4n) is 2.42. The summed E-state index contributed by atoms with van der Waals surface area (Å²) in [5.41, 5.74) is 2.42. The van der Waals surface area contributed by atoms with Crippen LogP contribution in [-0.4, -0.2) is 10.4 Å². The van der Waals surface area contributed by atoms with Crippen molar-refractivity contribution in [3.05, 3.63) is 59.7 Å². The number of Topliss-reactive ketones (excluding diaryl/α,β-unsaturated/α-hetero) is 1. The molecule has 0 bridgehead atoms. The maximum absolute atomic E-state index is 11.2. The molecule has 0 amide bonds. The van der Waals surface area contributed by atoms with Crippen molar-refractivity contribution in [1.29, 1.82) is 0 Å². The minimum Gasteiger partial charge on any atom is -0.458 e. The second-order valence-electron chi connectivity index (χ2n) is 4.78. The van der Waals surface area contributed by atoms with Gasteiger partial charge in [0, 0.05) is 37.5 Å². The fourth-order valence-corrected chi connectivity index (χ4v) is 2.42. The molecule has 0 spiro atoms. The standard InChI is InChI=1S/C16H15NO2/c1-11(18)16-8-7-13(19-16)9-12-10-17(2)15-6-4-3-5-14(12)15/h3-8,10H,9H2,1-2H3. The number of ketones is 1. The van der Waals surface area contributed by atoms with Gasteiger partial charge in [0.1, 0.15) is 5.76 Å². The van der Waals surface area contributed by atoms with Crippen LogP contribution < -0.4 is 0 Å². The highest BCUT2D eigenvalue weighted by Gasteiger charge is 2.10. The molecule has 0 atom stereocenters. The molecule has 0 saturated heterocycles. The summed E-state index contributed by atoms with van der Waals surface area (Å²) in [5, 5.41) is 1.23. The Kier molecular flexibility index (Phi) is 2.75. The second-order valence-corrected chi connectivity index (χ2v) is 4.78. The number of nitrogens with zero attached hydrogens (tertiary/aromatic N) is 1. The second kappa shape index (κ2) is 4.43. The third-order valence-corrected chi connectivity index (χ3v) is 3.35. The summed E-state index contributed by atoms with van der Waals surface area (Å²) in [6.45, 7) is 1.51. The average Bonchev–Trinajstić information content (AvgIpc) is 2.97. The van der Waals surface area contributed by atoms with Crippen molar-refractivity contribution >= 4 is 16.7 Å². The van der Waals surface area contributed by atoms with Gasteiger partial charge in [0.15, 0.2) is 11.5 Å². The Morgan fingerprint density at radius 1 is 1.21 bits per heavy atom. The molecule has 2 aromatic heterocycles. The van der Waals surface area contributed by atoms with E-state index in [0.29, 0.717) is 12.2 Å². The molecule has 3 rings (SSSR count). The molecule has 96 valence electrons. The van der Waals surface area contributed by atoms with Crippen LogP contribution in [0.2, 0.25) is 0 Å². The van der Waals surface area contributed by atoms with Crippen LogP contribution in [0.4, 0.5) is 0 Å². The van der Waals surface area contributed by atoms with Crippen molar-refractivity contribution in [3.8, 4) is 0 Å². The number of fused-ring (bicyclic) bond motifs is 1. The van der Waals surface area contributed by atoms with Gasteiger partial charge in [-0.3, -0.25) is 4.79 Å². The molecule has 0 fully saturated rings. The van der Waals surface area contributed by atoms with Crippen LogP contribution >= 0.6 is 0 Å². The van der Waals surface area contributed by atoms with Crippen LogP contribution in [0.15, 0.2) is 47.0 Å². The van der Waals surface area contributed by atoms with Crippen molar-refractivity contribution in [2.75, 3.05) is 0 Å². The lowest BCUT2D eigenvalue weighted by Crippen LogP contribution is -1.88. The molecule has 19 heavy (non-hydrogen) atoms. The molecule has 3 aromatic rings. The first-order chi connectivity index (χ1) is 9.15. The molecule has 0 radical (unpaired) electrons. The lowest BCUT2D eigenvalue weighted by atomic mass is 10.1. The monoisotopic (exact) mass is 253 g/mol. The van der Waals surface area contributed by atoms with Gasteiger partial charge in [-0.15, -0.1) is 0 Å². The quantitative estimate of drug-likeness (QED) is 0.669. The van der Waals surface area contributed by atoms with E-state index in [0.717, 1.165) is 5.76 Å². The average molecular weight is 253 g/mol. The Morgan fingerprint density at radius 2 is 2.00 bits per heavy atom. The number of para-hydroxylation sites is 1. The predicted molar refractivity (Wildman–Crippen MR) is 74.4 cm³/mol. The van der Waals surface area contributed by atoms with E-state index in [-0.39, 0.29) is 5.78 Å². The molecule has 0 aliphatic carbocycles. The topological polar surface area (TPSA) is 35.1 Å². The molecule has 0 aliphatic heterocycles. The Bertz CT molecular complexity index is 749. The van der Waals surface area contributed by atoms with Gasteiger partial charge in [0.25, 0.3) is 0 Å². The van der Waals surface area contributed by atoms with Crippen molar-refractivity contribution in [3.63, 3.8) is 0 Å². The van der Waals surface area contributed by atoms with E-state index in [2.05, 4.69) is 22.9 Å². The van der Waals surface area contributed by atoms with Crippen LogP contribution in [0, 0.1) is 0 Å². The molecule has 0 saturated carbocycles. The zero-order valence-electron chi connectivity index (χ0n) is 11.0. The molecular weight excluding hydrogens is 238 g/mol. The SMILES string of the molecule is CC(=O)c1ccc(Cc2cn(C)c3ccccc23)o1. The number of carbonyl (C=O) groups is 1. The van der Waals surface area contributed by atoms with Crippen LogP contribution in [-0.2, 0) is 13.5 Å². The van der Waals surface area contributed by atoms with E-state index >= 15 is 0 Å². The van der Waals surface area contributed by atoms with Gasteiger partial charge >= 0.3 is 0 Å². The number of aromatic nitrogens is 1. The summed E-state index contributed by atoms with van der Waals surface area (Å²) in [7, 11) is 2.04. The van der Waals surface area contributed by atoms with Gasteiger partial charge in [-0.05, 0) is 23.8 Å². The van der Waals surface area contributed by atoms with Crippen molar-refractivity contribution in [1.82, 2.24) is 4.57 Å². The summed E-state index contributed by atoms with van der Waals surface area (Å²) in [5.74, 6) is 1.21. The molecule has 0 aliphatic rings.